The van der Waals surface area contributed by atoms with E-state index in [1.54, 1.807) is 18.3 Å². The highest BCUT2D eigenvalue weighted by Gasteiger charge is 2.27. The van der Waals surface area contributed by atoms with Crippen LogP contribution in [0.15, 0.2) is 42.6 Å². The van der Waals surface area contributed by atoms with Crippen LogP contribution in [-0.4, -0.2) is 28.8 Å². The number of halogens is 2. The van der Waals surface area contributed by atoms with Gasteiger partial charge in [-0.05, 0) is 61.3 Å². The highest BCUT2D eigenvalue weighted by atomic mass is 35.5. The van der Waals surface area contributed by atoms with E-state index in [0.29, 0.717) is 16.3 Å². The molecule has 1 saturated heterocycles. The van der Waals surface area contributed by atoms with Gasteiger partial charge in [0.15, 0.2) is 0 Å². The summed E-state index contributed by atoms with van der Waals surface area (Å²) in [5, 5.41) is 17.3. The Bertz CT molecular complexity index is 965. The lowest BCUT2D eigenvalue weighted by molar-refractivity contribution is 0.240. The number of aromatic amines is 1. The van der Waals surface area contributed by atoms with E-state index in [-0.39, 0.29) is 12.1 Å². The van der Waals surface area contributed by atoms with E-state index in [2.05, 4.69) is 26.1 Å². The molecule has 146 valence electrons. The van der Waals surface area contributed by atoms with E-state index in [0.717, 1.165) is 36.7 Å². The fraction of sp³-hybridized carbons (Fsp3) is 0.300. The van der Waals surface area contributed by atoms with E-state index in [1.165, 1.54) is 12.1 Å². The zero-order valence-corrected chi connectivity index (χ0v) is 15.9. The van der Waals surface area contributed by atoms with Gasteiger partial charge < -0.3 is 16.0 Å². The number of H-pyrrole nitrogens is 1. The summed E-state index contributed by atoms with van der Waals surface area (Å²) in [5.74, 6) is -0.420. The molecule has 8 heteroatoms. The topological polar surface area (TPSA) is 81.8 Å². The molecule has 0 radical (unpaired) electrons. The second-order valence-electron chi connectivity index (χ2n) is 7.01. The van der Waals surface area contributed by atoms with Gasteiger partial charge in [0, 0.05) is 22.1 Å². The average Bonchev–Trinajstić information content (AvgIpc) is 3.14. The maximum Gasteiger partial charge on any atom is 0.319 e. The van der Waals surface area contributed by atoms with Gasteiger partial charge in [-0.1, -0.05) is 18.0 Å². The minimum Gasteiger partial charge on any atom is -0.329 e. The summed E-state index contributed by atoms with van der Waals surface area (Å²) in [6.45, 7) is 0.866. The molecule has 1 fully saturated rings. The number of benzene rings is 2. The molecule has 28 heavy (non-hydrogen) atoms. The summed E-state index contributed by atoms with van der Waals surface area (Å²) in [5.41, 5.74) is 2.19. The normalized spacial score (nSPS) is 18.0. The standard InChI is InChI=1S/C20H21ClFN5O/c21-14-7-12(8-15(22)10-14)19(18-3-1-2-6-23-18)26-20(28)25-16-4-5-17-13(9-16)11-24-27-17/h4-5,7-11,18-19,23H,1-3,6H2,(H,24,27)(H2,25,26,28)/t18-,19?/m0/s1. The Balaban J connectivity index is 1.54. The predicted octanol–water partition coefficient (Wildman–Crippen LogP) is 4.36. The number of piperidine rings is 1. The van der Waals surface area contributed by atoms with Crippen molar-refractivity contribution in [3.8, 4) is 0 Å². The van der Waals surface area contributed by atoms with Crippen LogP contribution in [0.25, 0.3) is 10.9 Å². The number of carbonyl (C=O) groups is 1. The third kappa shape index (κ3) is 4.26. The van der Waals surface area contributed by atoms with Gasteiger partial charge in [0.25, 0.3) is 0 Å². The highest BCUT2D eigenvalue weighted by Crippen LogP contribution is 2.27. The molecule has 0 saturated carbocycles. The molecule has 2 amide bonds. The first kappa shape index (κ1) is 18.7. The molecule has 2 heterocycles. The number of rotatable bonds is 4. The number of carbonyl (C=O) groups excluding carboxylic acids is 1. The predicted molar refractivity (Wildman–Crippen MR) is 108 cm³/mol. The van der Waals surface area contributed by atoms with Gasteiger partial charge in [-0.15, -0.1) is 0 Å². The Morgan fingerprint density at radius 3 is 2.93 bits per heavy atom. The minimum atomic E-state index is -0.420. The van der Waals surface area contributed by atoms with Crippen LogP contribution < -0.4 is 16.0 Å². The monoisotopic (exact) mass is 401 g/mol. The third-order valence-electron chi connectivity index (χ3n) is 4.98. The second-order valence-corrected chi connectivity index (χ2v) is 7.44. The molecule has 0 aliphatic carbocycles. The number of nitrogens with zero attached hydrogens (tertiary/aromatic N) is 1. The smallest absolute Gasteiger partial charge is 0.319 e. The minimum absolute atomic E-state index is 0.00807. The molecule has 2 atom stereocenters. The van der Waals surface area contributed by atoms with Gasteiger partial charge >= 0.3 is 6.03 Å². The van der Waals surface area contributed by atoms with Crippen LogP contribution in [0, 0.1) is 5.82 Å². The van der Waals surface area contributed by atoms with Crippen molar-refractivity contribution in [1.82, 2.24) is 20.8 Å². The second kappa shape index (κ2) is 8.16. The number of amides is 2. The summed E-state index contributed by atoms with van der Waals surface area (Å²) in [7, 11) is 0. The van der Waals surface area contributed by atoms with E-state index in [9.17, 15) is 9.18 Å². The third-order valence-corrected chi connectivity index (χ3v) is 5.20. The highest BCUT2D eigenvalue weighted by molar-refractivity contribution is 6.30. The van der Waals surface area contributed by atoms with E-state index in [4.69, 9.17) is 11.6 Å². The molecular formula is C20H21ClFN5O. The molecule has 6 nitrogen and oxygen atoms in total. The summed E-state index contributed by atoms with van der Waals surface area (Å²) in [4.78, 5) is 12.7. The molecule has 1 unspecified atom stereocenters. The van der Waals surface area contributed by atoms with Crippen LogP contribution in [0.5, 0.6) is 0 Å². The van der Waals surface area contributed by atoms with Crippen molar-refractivity contribution in [2.75, 3.05) is 11.9 Å². The molecule has 1 aliphatic rings. The van der Waals surface area contributed by atoms with E-state index >= 15 is 0 Å². The molecule has 2 aromatic carbocycles. The molecule has 1 aromatic heterocycles. The van der Waals surface area contributed by atoms with Crippen LogP contribution in [0.2, 0.25) is 5.02 Å². The molecule has 4 rings (SSSR count). The van der Waals surface area contributed by atoms with Crippen molar-refractivity contribution < 1.29 is 9.18 Å². The number of fused-ring (bicyclic) bond motifs is 1. The summed E-state index contributed by atoms with van der Waals surface area (Å²) >= 11 is 6.05. The molecule has 3 aromatic rings. The molecular weight excluding hydrogens is 381 g/mol. The van der Waals surface area contributed by atoms with Gasteiger partial charge in [-0.3, -0.25) is 5.10 Å². The van der Waals surface area contributed by atoms with Gasteiger partial charge in [0.2, 0.25) is 0 Å². The summed E-state index contributed by atoms with van der Waals surface area (Å²) in [6.07, 6.45) is 4.73. The number of hydrogen-bond acceptors (Lipinski definition) is 3. The van der Waals surface area contributed by atoms with Crippen molar-refractivity contribution in [3.05, 3.63) is 59.0 Å². The Morgan fingerprint density at radius 1 is 1.25 bits per heavy atom. The van der Waals surface area contributed by atoms with Crippen LogP contribution >= 0.6 is 11.6 Å². The lowest BCUT2D eigenvalue weighted by Crippen LogP contribution is -2.47. The first-order chi connectivity index (χ1) is 13.6. The van der Waals surface area contributed by atoms with Crippen molar-refractivity contribution in [3.63, 3.8) is 0 Å². The SMILES string of the molecule is O=C(Nc1ccc2[nH]ncc2c1)NC(c1cc(F)cc(Cl)c1)[C@@H]1CCCCN1. The Hall–Kier alpha value is -2.64. The van der Waals surface area contributed by atoms with Crippen LogP contribution in [0.3, 0.4) is 0 Å². The van der Waals surface area contributed by atoms with Crippen LogP contribution in [-0.2, 0) is 0 Å². The maximum atomic E-state index is 13.9. The average molecular weight is 402 g/mol. The summed E-state index contributed by atoms with van der Waals surface area (Å²) in [6, 6.07) is 9.12. The number of urea groups is 1. The van der Waals surface area contributed by atoms with Crippen molar-refractivity contribution in [1.29, 1.82) is 0 Å². The maximum absolute atomic E-state index is 13.9. The van der Waals surface area contributed by atoms with Crippen molar-refractivity contribution in [2.24, 2.45) is 0 Å². The largest absolute Gasteiger partial charge is 0.329 e. The lowest BCUT2D eigenvalue weighted by atomic mass is 9.92. The van der Waals surface area contributed by atoms with Crippen LogP contribution in [0.1, 0.15) is 30.9 Å². The van der Waals surface area contributed by atoms with Crippen molar-refractivity contribution >= 4 is 34.2 Å². The molecule has 4 N–H and O–H groups in total. The lowest BCUT2D eigenvalue weighted by Gasteiger charge is -2.32. The molecule has 0 bridgehead atoms. The zero-order chi connectivity index (χ0) is 19.5. The molecule has 0 spiro atoms. The number of aromatic nitrogens is 2. The Kier molecular flexibility index (Phi) is 5.45. The fourth-order valence-corrected chi connectivity index (χ4v) is 3.89. The van der Waals surface area contributed by atoms with Gasteiger partial charge in [0.1, 0.15) is 5.82 Å². The zero-order valence-electron chi connectivity index (χ0n) is 15.1. The first-order valence-electron chi connectivity index (χ1n) is 9.28. The Morgan fingerprint density at radius 2 is 2.14 bits per heavy atom. The Labute approximate surface area is 166 Å². The number of nitrogens with one attached hydrogen (secondary N) is 4. The van der Waals surface area contributed by atoms with Gasteiger partial charge in [0.05, 0.1) is 17.8 Å². The molecule has 1 aliphatic heterocycles. The summed E-state index contributed by atoms with van der Waals surface area (Å²) < 4.78 is 13.9. The van der Waals surface area contributed by atoms with Crippen LogP contribution in [0.4, 0.5) is 14.9 Å². The van der Waals surface area contributed by atoms with E-state index in [1.807, 2.05) is 12.1 Å². The van der Waals surface area contributed by atoms with E-state index < -0.39 is 11.9 Å². The number of anilines is 1. The quantitative estimate of drug-likeness (QED) is 0.524. The van der Waals surface area contributed by atoms with Crippen molar-refractivity contribution in [2.45, 2.75) is 31.3 Å². The first-order valence-corrected chi connectivity index (χ1v) is 9.66. The number of hydrogen-bond donors (Lipinski definition) is 4. The fourth-order valence-electron chi connectivity index (χ4n) is 3.66. The van der Waals surface area contributed by atoms with Gasteiger partial charge in [-0.25, -0.2) is 9.18 Å². The van der Waals surface area contributed by atoms with Gasteiger partial charge in [-0.2, -0.15) is 5.10 Å².